The zero-order chi connectivity index (χ0) is 12.3. The van der Waals surface area contributed by atoms with E-state index in [-0.39, 0.29) is 30.2 Å². The van der Waals surface area contributed by atoms with Crippen molar-refractivity contribution in [1.29, 1.82) is 0 Å². The molecule has 19 heavy (non-hydrogen) atoms. The van der Waals surface area contributed by atoms with E-state index in [0.717, 1.165) is 31.3 Å². The van der Waals surface area contributed by atoms with Gasteiger partial charge < -0.3 is 5.73 Å². The topological polar surface area (TPSA) is 78.7 Å². The van der Waals surface area contributed by atoms with Crippen molar-refractivity contribution < 1.29 is 0 Å². The van der Waals surface area contributed by atoms with Crippen LogP contribution in [0.15, 0.2) is 17.2 Å². The Hall–Kier alpha value is -1.40. The van der Waals surface area contributed by atoms with Crippen LogP contribution in [0.5, 0.6) is 0 Å². The molecule has 4 rings (SSSR count). The number of hydrogen-bond donors (Lipinski definition) is 1. The van der Waals surface area contributed by atoms with Crippen molar-refractivity contribution in [3.8, 4) is 0 Å². The van der Waals surface area contributed by atoms with Gasteiger partial charge in [-0.2, -0.15) is 0 Å². The molecule has 2 aliphatic rings. The molecule has 0 atom stereocenters. The molecule has 2 N–H and O–H groups in total. The fourth-order valence-electron chi connectivity index (χ4n) is 2.79. The largest absolute Gasteiger partial charge is 0.332 e. The van der Waals surface area contributed by atoms with Crippen molar-refractivity contribution in [3.63, 3.8) is 0 Å². The van der Waals surface area contributed by atoms with Crippen LogP contribution in [0.3, 0.4) is 0 Å². The summed E-state index contributed by atoms with van der Waals surface area (Å²) < 4.78 is 3.61. The second-order valence-electron chi connectivity index (χ2n) is 5.34. The van der Waals surface area contributed by atoms with Crippen LogP contribution in [0.4, 0.5) is 0 Å². The third-order valence-electron chi connectivity index (χ3n) is 3.96. The van der Waals surface area contributed by atoms with Gasteiger partial charge in [0.1, 0.15) is 0 Å². The molecule has 102 valence electrons. The Kier molecular flexibility index (Phi) is 2.87. The highest BCUT2D eigenvalue weighted by atomic mass is 35.5. The molecule has 0 unspecified atom stereocenters. The van der Waals surface area contributed by atoms with Gasteiger partial charge in [0, 0.05) is 30.5 Å². The van der Waals surface area contributed by atoms with E-state index in [9.17, 15) is 4.79 Å². The number of halogens is 1. The van der Waals surface area contributed by atoms with Crippen molar-refractivity contribution in [2.24, 2.45) is 5.73 Å². The molecule has 0 radical (unpaired) electrons. The van der Waals surface area contributed by atoms with Gasteiger partial charge in [-0.3, -0.25) is 9.13 Å². The summed E-state index contributed by atoms with van der Waals surface area (Å²) in [6.07, 6.45) is 7.16. The van der Waals surface area contributed by atoms with Crippen LogP contribution in [0.2, 0.25) is 0 Å². The molecule has 2 saturated carbocycles. The maximum absolute atomic E-state index is 12.5. The standard InChI is InChI=1S/C12H15N5O.ClH/c13-7-5-9(6-7)17-11-10(14-3-4-15-11)16(12(17)18)8-1-2-8;/h3-4,7-9H,1-2,5-6,13H2;1H/t7-,9-;. The monoisotopic (exact) mass is 281 g/mol. The molecule has 2 fully saturated rings. The maximum Gasteiger partial charge on any atom is 0.332 e. The zero-order valence-electron chi connectivity index (χ0n) is 10.4. The molecular formula is C12H16ClN5O. The first-order chi connectivity index (χ1) is 8.75. The number of nitrogens with two attached hydrogens (primary N) is 1. The van der Waals surface area contributed by atoms with Gasteiger partial charge in [-0.05, 0) is 25.7 Å². The Balaban J connectivity index is 0.00000110. The lowest BCUT2D eigenvalue weighted by atomic mass is 9.87. The van der Waals surface area contributed by atoms with Crippen LogP contribution in [-0.4, -0.2) is 25.1 Å². The summed E-state index contributed by atoms with van der Waals surface area (Å²) in [5.41, 5.74) is 7.30. The number of rotatable bonds is 2. The minimum atomic E-state index is 0. The molecule has 2 aliphatic carbocycles. The molecule has 2 aromatic heterocycles. The summed E-state index contributed by atoms with van der Waals surface area (Å²) in [4.78, 5) is 21.2. The van der Waals surface area contributed by atoms with Crippen LogP contribution < -0.4 is 11.4 Å². The second kappa shape index (κ2) is 4.31. The van der Waals surface area contributed by atoms with Crippen molar-refractivity contribution in [2.75, 3.05) is 0 Å². The van der Waals surface area contributed by atoms with Crippen LogP contribution in [0, 0.1) is 0 Å². The Morgan fingerprint density at radius 2 is 1.58 bits per heavy atom. The van der Waals surface area contributed by atoms with Crippen LogP contribution in [0.25, 0.3) is 11.3 Å². The lowest BCUT2D eigenvalue weighted by molar-refractivity contribution is 0.264. The van der Waals surface area contributed by atoms with Gasteiger partial charge in [-0.1, -0.05) is 0 Å². The summed E-state index contributed by atoms with van der Waals surface area (Å²) >= 11 is 0. The number of nitrogens with zero attached hydrogens (tertiary/aromatic N) is 4. The van der Waals surface area contributed by atoms with E-state index in [4.69, 9.17) is 5.73 Å². The van der Waals surface area contributed by atoms with E-state index < -0.39 is 0 Å². The highest BCUT2D eigenvalue weighted by molar-refractivity contribution is 5.85. The van der Waals surface area contributed by atoms with Gasteiger partial charge in [0.25, 0.3) is 0 Å². The van der Waals surface area contributed by atoms with E-state index in [1.165, 1.54) is 0 Å². The van der Waals surface area contributed by atoms with E-state index in [0.29, 0.717) is 11.7 Å². The van der Waals surface area contributed by atoms with Crippen molar-refractivity contribution in [1.82, 2.24) is 19.1 Å². The molecular weight excluding hydrogens is 266 g/mol. The van der Waals surface area contributed by atoms with Crippen molar-refractivity contribution in [3.05, 3.63) is 22.9 Å². The van der Waals surface area contributed by atoms with Crippen LogP contribution in [0.1, 0.15) is 37.8 Å². The van der Waals surface area contributed by atoms with Gasteiger partial charge in [0.05, 0.1) is 0 Å². The van der Waals surface area contributed by atoms with E-state index in [2.05, 4.69) is 9.97 Å². The lowest BCUT2D eigenvalue weighted by Crippen LogP contribution is -2.41. The van der Waals surface area contributed by atoms with Gasteiger partial charge in [-0.25, -0.2) is 14.8 Å². The Bertz CT molecular complexity index is 668. The van der Waals surface area contributed by atoms with Gasteiger partial charge >= 0.3 is 5.69 Å². The Morgan fingerprint density at radius 3 is 2.05 bits per heavy atom. The first-order valence-corrected chi connectivity index (χ1v) is 6.44. The van der Waals surface area contributed by atoms with E-state index >= 15 is 0 Å². The quantitative estimate of drug-likeness (QED) is 0.891. The first kappa shape index (κ1) is 12.6. The van der Waals surface area contributed by atoms with E-state index in [1.54, 1.807) is 17.0 Å². The van der Waals surface area contributed by atoms with Crippen LogP contribution >= 0.6 is 12.4 Å². The molecule has 2 heterocycles. The smallest absolute Gasteiger partial charge is 0.328 e. The fraction of sp³-hybridized carbons (Fsp3) is 0.583. The highest BCUT2D eigenvalue weighted by Gasteiger charge is 2.35. The number of fused-ring (bicyclic) bond motifs is 1. The normalized spacial score (nSPS) is 25.9. The van der Waals surface area contributed by atoms with E-state index in [1.807, 2.05) is 4.57 Å². The summed E-state index contributed by atoms with van der Waals surface area (Å²) in [6, 6.07) is 0.747. The average molecular weight is 282 g/mol. The molecule has 7 heteroatoms. The number of hydrogen-bond acceptors (Lipinski definition) is 4. The Labute approximate surface area is 116 Å². The fourth-order valence-corrected chi connectivity index (χ4v) is 2.79. The Morgan fingerprint density at radius 1 is 1.05 bits per heavy atom. The maximum atomic E-state index is 12.5. The molecule has 0 aromatic carbocycles. The summed E-state index contributed by atoms with van der Waals surface area (Å²) in [6.45, 7) is 0. The minimum absolute atomic E-state index is 0. The molecule has 6 nitrogen and oxygen atoms in total. The lowest BCUT2D eigenvalue weighted by Gasteiger charge is -2.32. The molecule has 0 amide bonds. The second-order valence-corrected chi connectivity index (χ2v) is 5.34. The van der Waals surface area contributed by atoms with Crippen molar-refractivity contribution >= 4 is 23.7 Å². The van der Waals surface area contributed by atoms with Crippen LogP contribution in [-0.2, 0) is 0 Å². The number of imidazole rings is 1. The molecule has 0 bridgehead atoms. The molecule has 0 aliphatic heterocycles. The summed E-state index contributed by atoms with van der Waals surface area (Å²) in [5.74, 6) is 0. The molecule has 2 aromatic rings. The number of aromatic nitrogens is 4. The predicted molar refractivity (Wildman–Crippen MR) is 73.6 cm³/mol. The summed E-state index contributed by atoms with van der Waals surface area (Å²) in [5, 5.41) is 0. The van der Waals surface area contributed by atoms with Gasteiger partial charge in [-0.15, -0.1) is 12.4 Å². The SMILES string of the molecule is Cl.N[C@H]1C[C@H](n2c(=O)n(C3CC3)c3nccnc32)C1. The first-order valence-electron chi connectivity index (χ1n) is 6.44. The predicted octanol–water partition coefficient (Wildman–Crippen LogP) is 1.01. The van der Waals surface area contributed by atoms with Gasteiger partial charge in [0.2, 0.25) is 0 Å². The average Bonchev–Trinajstić information content (AvgIpc) is 3.10. The zero-order valence-corrected chi connectivity index (χ0v) is 11.2. The molecule has 0 spiro atoms. The van der Waals surface area contributed by atoms with Gasteiger partial charge in [0.15, 0.2) is 11.3 Å². The third-order valence-corrected chi connectivity index (χ3v) is 3.96. The minimum Gasteiger partial charge on any atom is -0.328 e. The van der Waals surface area contributed by atoms with Crippen molar-refractivity contribution in [2.45, 2.75) is 43.8 Å². The third kappa shape index (κ3) is 1.78. The summed E-state index contributed by atoms with van der Waals surface area (Å²) in [7, 11) is 0. The molecule has 0 saturated heterocycles. The highest BCUT2D eigenvalue weighted by Crippen LogP contribution is 2.37.